The van der Waals surface area contributed by atoms with Crippen molar-refractivity contribution < 1.29 is 9.18 Å². The molecule has 1 saturated heterocycles. The van der Waals surface area contributed by atoms with Crippen LogP contribution in [0.15, 0.2) is 54.6 Å². The Balaban J connectivity index is 0.00000208. The second kappa shape index (κ2) is 8.95. The molecule has 24 heavy (non-hydrogen) atoms. The summed E-state index contributed by atoms with van der Waals surface area (Å²) in [5.41, 5.74) is 2.42. The maximum absolute atomic E-state index is 13.2. The molecule has 0 aromatic heterocycles. The van der Waals surface area contributed by atoms with Gasteiger partial charge in [0.25, 0.3) is 0 Å². The molecule has 0 aliphatic carbocycles. The number of halogens is 2. The van der Waals surface area contributed by atoms with E-state index in [0.717, 1.165) is 44.2 Å². The fourth-order valence-electron chi connectivity index (χ4n) is 3.38. The van der Waals surface area contributed by atoms with E-state index in [9.17, 15) is 9.18 Å². The first kappa shape index (κ1) is 18.6. The second-order valence-electron chi connectivity index (χ2n) is 6.26. The van der Waals surface area contributed by atoms with Crippen molar-refractivity contribution >= 4 is 18.7 Å². The molecule has 4 heteroatoms. The Labute approximate surface area is 149 Å². The summed E-state index contributed by atoms with van der Waals surface area (Å²) in [6.45, 7) is 1.87. The summed E-state index contributed by atoms with van der Waals surface area (Å²) in [5.74, 6) is -0.106. The van der Waals surface area contributed by atoms with Crippen LogP contribution >= 0.6 is 12.4 Å². The number of carbonyl (C=O) groups is 1. The minimum Gasteiger partial charge on any atom is -0.303 e. The van der Waals surface area contributed by atoms with Crippen molar-refractivity contribution in [3.63, 3.8) is 0 Å². The molecule has 2 aromatic carbocycles. The van der Waals surface area contributed by atoms with Crippen LogP contribution in [0.5, 0.6) is 0 Å². The monoisotopic (exact) mass is 347 g/mol. The van der Waals surface area contributed by atoms with Crippen LogP contribution in [0.4, 0.5) is 4.39 Å². The Kier molecular flexibility index (Phi) is 6.95. The average Bonchev–Trinajstić information content (AvgIpc) is 2.61. The van der Waals surface area contributed by atoms with Gasteiger partial charge in [-0.1, -0.05) is 42.5 Å². The summed E-state index contributed by atoms with van der Waals surface area (Å²) in [6, 6.07) is 17.4. The first-order valence-electron chi connectivity index (χ1n) is 8.25. The van der Waals surface area contributed by atoms with E-state index in [2.05, 4.69) is 29.2 Å². The maximum Gasteiger partial charge on any atom is 0.123 e. The predicted octanol–water partition coefficient (Wildman–Crippen LogP) is 4.44. The molecule has 2 aromatic rings. The molecule has 0 saturated carbocycles. The van der Waals surface area contributed by atoms with Gasteiger partial charge in [0.2, 0.25) is 0 Å². The van der Waals surface area contributed by atoms with Crippen LogP contribution in [0, 0.1) is 11.7 Å². The molecular formula is C20H23ClFNO. The summed E-state index contributed by atoms with van der Waals surface area (Å²) < 4.78 is 13.2. The van der Waals surface area contributed by atoms with Gasteiger partial charge >= 0.3 is 0 Å². The molecule has 1 heterocycles. The first-order chi connectivity index (χ1) is 11.3. The summed E-state index contributed by atoms with van der Waals surface area (Å²) in [4.78, 5) is 13.6. The van der Waals surface area contributed by atoms with Gasteiger partial charge in [0.05, 0.1) is 0 Å². The Hall–Kier alpha value is -1.71. The number of benzene rings is 2. The van der Waals surface area contributed by atoms with Crippen molar-refractivity contribution in [3.8, 4) is 0 Å². The van der Waals surface area contributed by atoms with E-state index in [1.807, 2.05) is 18.2 Å². The van der Waals surface area contributed by atoms with Crippen LogP contribution in [-0.2, 0) is 11.2 Å². The Morgan fingerprint density at radius 2 is 1.79 bits per heavy atom. The molecule has 3 rings (SSSR count). The maximum atomic E-state index is 13.2. The van der Waals surface area contributed by atoms with E-state index in [-0.39, 0.29) is 30.2 Å². The van der Waals surface area contributed by atoms with Crippen molar-refractivity contribution in [2.75, 3.05) is 13.1 Å². The third-order valence-electron chi connectivity index (χ3n) is 4.73. The number of rotatable bonds is 5. The molecule has 2 nitrogen and oxygen atoms in total. The Bertz CT molecular complexity index is 632. The van der Waals surface area contributed by atoms with Gasteiger partial charge in [-0.2, -0.15) is 0 Å². The number of hydrogen-bond acceptors (Lipinski definition) is 2. The van der Waals surface area contributed by atoms with Crippen LogP contribution in [0.2, 0.25) is 0 Å². The lowest BCUT2D eigenvalue weighted by molar-refractivity contribution is -0.113. The number of likely N-dealkylation sites (tertiary alicyclic amines) is 1. The van der Waals surface area contributed by atoms with Gasteiger partial charge in [-0.25, -0.2) is 4.39 Å². The van der Waals surface area contributed by atoms with Crippen LogP contribution in [0.25, 0.3) is 0 Å². The molecular weight excluding hydrogens is 325 g/mol. The molecule has 0 N–H and O–H groups in total. The van der Waals surface area contributed by atoms with Gasteiger partial charge in [0, 0.05) is 18.5 Å². The number of nitrogens with zero attached hydrogens (tertiary/aromatic N) is 1. The van der Waals surface area contributed by atoms with E-state index in [4.69, 9.17) is 0 Å². The molecule has 0 radical (unpaired) electrons. The zero-order valence-corrected chi connectivity index (χ0v) is 14.4. The van der Waals surface area contributed by atoms with Crippen molar-refractivity contribution in [2.24, 2.45) is 5.92 Å². The van der Waals surface area contributed by atoms with Crippen LogP contribution < -0.4 is 0 Å². The molecule has 2 unspecified atom stereocenters. The minimum absolute atomic E-state index is 0. The summed E-state index contributed by atoms with van der Waals surface area (Å²) in [7, 11) is 0. The van der Waals surface area contributed by atoms with E-state index in [0.29, 0.717) is 0 Å². The highest BCUT2D eigenvalue weighted by Gasteiger charge is 2.29. The normalized spacial score (nSPS) is 21.0. The summed E-state index contributed by atoms with van der Waals surface area (Å²) in [6.07, 6.45) is 3.80. The highest BCUT2D eigenvalue weighted by molar-refractivity contribution is 5.85. The molecule has 0 spiro atoms. The standard InChI is InChI=1S/C20H22FNO.ClH/c21-19-8-6-18(7-9-19)20-14-17(15-23)11-13-22(20)12-10-16-4-2-1-3-5-16;/h1-9,15,17,20H,10-14H2;1H. The van der Waals surface area contributed by atoms with Gasteiger partial charge in [0.15, 0.2) is 0 Å². The number of carbonyl (C=O) groups excluding carboxylic acids is 1. The molecule has 128 valence electrons. The van der Waals surface area contributed by atoms with Gasteiger partial charge in [-0.05, 0) is 49.1 Å². The van der Waals surface area contributed by atoms with Crippen LogP contribution in [0.3, 0.4) is 0 Å². The van der Waals surface area contributed by atoms with Crippen molar-refractivity contribution in [1.82, 2.24) is 4.90 Å². The number of aldehydes is 1. The SMILES string of the molecule is Cl.O=CC1CCN(CCc2ccccc2)C(c2ccc(F)cc2)C1. The van der Waals surface area contributed by atoms with Gasteiger partial charge < -0.3 is 4.79 Å². The molecule has 1 fully saturated rings. The zero-order valence-electron chi connectivity index (χ0n) is 13.6. The fourth-order valence-corrected chi connectivity index (χ4v) is 3.38. The highest BCUT2D eigenvalue weighted by Crippen LogP contribution is 2.33. The molecule has 0 amide bonds. The number of hydrogen-bond donors (Lipinski definition) is 0. The average molecular weight is 348 g/mol. The van der Waals surface area contributed by atoms with Crippen LogP contribution in [0.1, 0.15) is 30.0 Å². The topological polar surface area (TPSA) is 20.3 Å². The number of piperidine rings is 1. The molecule has 2 atom stereocenters. The minimum atomic E-state index is -0.215. The lowest BCUT2D eigenvalue weighted by atomic mass is 9.87. The third kappa shape index (κ3) is 4.65. The fraction of sp³-hybridized carbons (Fsp3) is 0.350. The predicted molar refractivity (Wildman–Crippen MR) is 96.9 cm³/mol. The summed E-state index contributed by atoms with van der Waals surface area (Å²) in [5, 5.41) is 0. The van der Waals surface area contributed by atoms with E-state index in [1.165, 1.54) is 17.7 Å². The van der Waals surface area contributed by atoms with Gasteiger partial charge in [-0.15, -0.1) is 12.4 Å². The van der Waals surface area contributed by atoms with Crippen molar-refractivity contribution in [1.29, 1.82) is 0 Å². The second-order valence-corrected chi connectivity index (χ2v) is 6.26. The van der Waals surface area contributed by atoms with E-state index in [1.54, 1.807) is 0 Å². The third-order valence-corrected chi connectivity index (χ3v) is 4.73. The first-order valence-corrected chi connectivity index (χ1v) is 8.25. The lowest BCUT2D eigenvalue weighted by Gasteiger charge is -2.38. The van der Waals surface area contributed by atoms with E-state index < -0.39 is 0 Å². The molecule has 1 aliphatic heterocycles. The van der Waals surface area contributed by atoms with Crippen LogP contribution in [-0.4, -0.2) is 24.3 Å². The largest absolute Gasteiger partial charge is 0.303 e. The zero-order chi connectivity index (χ0) is 16.1. The smallest absolute Gasteiger partial charge is 0.123 e. The molecule has 1 aliphatic rings. The van der Waals surface area contributed by atoms with Gasteiger partial charge in [0.1, 0.15) is 12.1 Å². The lowest BCUT2D eigenvalue weighted by Crippen LogP contribution is -2.38. The Morgan fingerprint density at radius 1 is 1.08 bits per heavy atom. The summed E-state index contributed by atoms with van der Waals surface area (Å²) >= 11 is 0. The van der Waals surface area contributed by atoms with Gasteiger partial charge in [-0.3, -0.25) is 4.90 Å². The quantitative estimate of drug-likeness (QED) is 0.745. The highest BCUT2D eigenvalue weighted by atomic mass is 35.5. The van der Waals surface area contributed by atoms with Crippen molar-refractivity contribution in [2.45, 2.75) is 25.3 Å². The van der Waals surface area contributed by atoms with E-state index >= 15 is 0 Å². The van der Waals surface area contributed by atoms with Crippen molar-refractivity contribution in [3.05, 3.63) is 71.5 Å². The Morgan fingerprint density at radius 3 is 2.46 bits per heavy atom. The molecule has 0 bridgehead atoms.